The molecule has 3 aromatic rings. The fourth-order valence-electron chi connectivity index (χ4n) is 3.54. The predicted molar refractivity (Wildman–Crippen MR) is 127 cm³/mol. The van der Waals surface area contributed by atoms with Crippen LogP contribution in [0.5, 0.6) is 5.75 Å². The van der Waals surface area contributed by atoms with Crippen molar-refractivity contribution in [1.82, 2.24) is 9.80 Å². The van der Waals surface area contributed by atoms with Crippen LogP contribution in [-0.4, -0.2) is 45.7 Å². The molecule has 33 heavy (non-hydrogen) atoms. The number of benzene rings is 3. The predicted octanol–water partition coefficient (Wildman–Crippen LogP) is 3.93. The fourth-order valence-corrected chi connectivity index (χ4v) is 3.71. The summed E-state index contributed by atoms with van der Waals surface area (Å²) in [5.74, 6) is -0.506. The Morgan fingerprint density at radius 3 is 2.24 bits per heavy atom. The zero-order chi connectivity index (χ0) is 23.7. The van der Waals surface area contributed by atoms with Crippen LogP contribution in [0.15, 0.2) is 66.2 Å². The Morgan fingerprint density at radius 1 is 0.970 bits per heavy atom. The van der Waals surface area contributed by atoms with Crippen LogP contribution < -0.4 is 4.74 Å². The molecular weight excluding hydrogens is 442 g/mol. The molecular formula is C24H19N3O5S. The third-order valence-electron chi connectivity index (χ3n) is 5.40. The summed E-state index contributed by atoms with van der Waals surface area (Å²) in [6.45, 7) is 0.151. The van der Waals surface area contributed by atoms with Gasteiger partial charge in [0, 0.05) is 31.8 Å². The zero-order valence-electron chi connectivity index (χ0n) is 17.8. The molecule has 1 aliphatic heterocycles. The highest BCUT2D eigenvalue weighted by atomic mass is 32.1. The van der Waals surface area contributed by atoms with Gasteiger partial charge in [0.1, 0.15) is 17.9 Å². The first-order valence-electron chi connectivity index (χ1n) is 9.97. The molecule has 0 radical (unpaired) electrons. The van der Waals surface area contributed by atoms with Gasteiger partial charge in [-0.3, -0.25) is 29.5 Å². The maximum atomic E-state index is 12.8. The van der Waals surface area contributed by atoms with E-state index in [1.165, 1.54) is 42.1 Å². The first-order valence-corrected chi connectivity index (χ1v) is 10.4. The van der Waals surface area contributed by atoms with Gasteiger partial charge in [-0.15, -0.1) is 0 Å². The van der Waals surface area contributed by atoms with Gasteiger partial charge in [-0.05, 0) is 52.8 Å². The zero-order valence-corrected chi connectivity index (χ0v) is 18.7. The minimum absolute atomic E-state index is 0.00430. The van der Waals surface area contributed by atoms with Gasteiger partial charge in [0.25, 0.3) is 17.5 Å². The molecule has 0 aromatic heterocycles. The topological polar surface area (TPSA) is 93.0 Å². The summed E-state index contributed by atoms with van der Waals surface area (Å²) in [4.78, 5) is 38.6. The number of likely N-dealkylation sites (N-methyl/N-ethyl adjacent to an activating group) is 2. The van der Waals surface area contributed by atoms with Crippen molar-refractivity contribution in [1.29, 1.82) is 0 Å². The molecule has 8 nitrogen and oxygen atoms in total. The minimum Gasteiger partial charge on any atom is -0.488 e. The van der Waals surface area contributed by atoms with Crippen molar-refractivity contribution in [3.63, 3.8) is 0 Å². The van der Waals surface area contributed by atoms with Gasteiger partial charge in [-0.1, -0.05) is 30.3 Å². The Bertz CT molecular complexity index is 1310. The van der Waals surface area contributed by atoms with Crippen LogP contribution in [0, 0.1) is 10.1 Å². The largest absolute Gasteiger partial charge is 0.488 e. The summed E-state index contributed by atoms with van der Waals surface area (Å²) in [5.41, 5.74) is 1.30. The highest BCUT2D eigenvalue weighted by Gasteiger charge is 2.35. The molecule has 2 amide bonds. The van der Waals surface area contributed by atoms with Gasteiger partial charge in [-0.25, -0.2) is 0 Å². The SMILES string of the molecule is CN1C(=O)C(=Cc2c(OCc3ccc([N+](=O)[O-])cc3)ccc3ccccc23)C(=O)N(C)C1=S. The summed E-state index contributed by atoms with van der Waals surface area (Å²) >= 11 is 5.16. The van der Waals surface area contributed by atoms with E-state index in [1.54, 1.807) is 18.2 Å². The Labute approximate surface area is 194 Å². The lowest BCUT2D eigenvalue weighted by molar-refractivity contribution is -0.384. The van der Waals surface area contributed by atoms with E-state index in [4.69, 9.17) is 17.0 Å². The molecule has 0 unspecified atom stereocenters. The molecule has 9 heteroatoms. The number of nitro groups is 1. The van der Waals surface area contributed by atoms with Gasteiger partial charge in [-0.2, -0.15) is 0 Å². The maximum absolute atomic E-state index is 12.8. The van der Waals surface area contributed by atoms with Gasteiger partial charge in [0.15, 0.2) is 5.11 Å². The van der Waals surface area contributed by atoms with Crippen molar-refractivity contribution in [2.45, 2.75) is 6.61 Å². The van der Waals surface area contributed by atoms with Crippen molar-refractivity contribution in [3.8, 4) is 5.75 Å². The van der Waals surface area contributed by atoms with Crippen LogP contribution in [0.3, 0.4) is 0 Å². The third kappa shape index (κ3) is 4.18. The molecule has 1 aliphatic rings. The number of hydrogen-bond donors (Lipinski definition) is 0. The smallest absolute Gasteiger partial charge is 0.269 e. The van der Waals surface area contributed by atoms with Crippen molar-refractivity contribution in [3.05, 3.63) is 87.5 Å². The number of fused-ring (bicyclic) bond motifs is 1. The number of non-ortho nitro benzene ring substituents is 1. The first kappa shape index (κ1) is 22.1. The van der Waals surface area contributed by atoms with E-state index in [0.717, 1.165) is 16.3 Å². The maximum Gasteiger partial charge on any atom is 0.269 e. The number of ether oxygens (including phenoxy) is 1. The van der Waals surface area contributed by atoms with Gasteiger partial charge >= 0.3 is 0 Å². The van der Waals surface area contributed by atoms with Crippen molar-refractivity contribution in [2.75, 3.05) is 14.1 Å². The lowest BCUT2D eigenvalue weighted by Crippen LogP contribution is -2.52. The lowest BCUT2D eigenvalue weighted by Gasteiger charge is -2.31. The van der Waals surface area contributed by atoms with E-state index >= 15 is 0 Å². The number of nitrogens with zero attached hydrogens (tertiary/aromatic N) is 3. The van der Waals surface area contributed by atoms with E-state index < -0.39 is 16.7 Å². The van der Waals surface area contributed by atoms with E-state index in [9.17, 15) is 19.7 Å². The Kier molecular flexibility index (Phi) is 5.89. The first-order chi connectivity index (χ1) is 15.8. The van der Waals surface area contributed by atoms with Gasteiger partial charge in [0.2, 0.25) is 0 Å². The number of rotatable bonds is 5. The molecule has 0 atom stereocenters. The Balaban J connectivity index is 1.75. The Morgan fingerprint density at radius 2 is 1.61 bits per heavy atom. The molecule has 0 bridgehead atoms. The summed E-state index contributed by atoms with van der Waals surface area (Å²) in [6, 6.07) is 17.3. The van der Waals surface area contributed by atoms with Crippen LogP contribution in [0.1, 0.15) is 11.1 Å². The van der Waals surface area contributed by atoms with E-state index in [-0.39, 0.29) is 23.0 Å². The van der Waals surface area contributed by atoms with Crippen LogP contribution in [-0.2, 0) is 16.2 Å². The normalized spacial score (nSPS) is 14.1. The quantitative estimate of drug-likeness (QED) is 0.188. The second-order valence-corrected chi connectivity index (χ2v) is 7.84. The summed E-state index contributed by atoms with van der Waals surface area (Å²) in [7, 11) is 3.05. The van der Waals surface area contributed by atoms with Crippen LogP contribution >= 0.6 is 12.2 Å². The molecule has 1 fully saturated rings. The number of carbonyl (C=O) groups excluding carboxylic acids is 2. The number of carbonyl (C=O) groups is 2. The molecule has 0 spiro atoms. The highest BCUT2D eigenvalue weighted by molar-refractivity contribution is 7.80. The second-order valence-electron chi connectivity index (χ2n) is 7.48. The fraction of sp³-hybridized carbons (Fsp3) is 0.125. The van der Waals surface area contributed by atoms with E-state index in [0.29, 0.717) is 11.3 Å². The molecule has 3 aromatic carbocycles. The lowest BCUT2D eigenvalue weighted by atomic mass is 9.99. The average molecular weight is 461 g/mol. The highest BCUT2D eigenvalue weighted by Crippen LogP contribution is 2.32. The van der Waals surface area contributed by atoms with Crippen molar-refractivity contribution in [2.24, 2.45) is 0 Å². The molecule has 0 N–H and O–H groups in total. The van der Waals surface area contributed by atoms with Crippen molar-refractivity contribution >= 4 is 51.7 Å². The molecule has 0 saturated carbocycles. The Hall–Kier alpha value is -4.11. The van der Waals surface area contributed by atoms with E-state index in [1.807, 2.05) is 30.3 Å². The van der Waals surface area contributed by atoms with Crippen LogP contribution in [0.25, 0.3) is 16.8 Å². The summed E-state index contributed by atoms with van der Waals surface area (Å²) in [5, 5.41) is 12.7. The van der Waals surface area contributed by atoms with Crippen LogP contribution in [0.2, 0.25) is 0 Å². The summed E-state index contributed by atoms with van der Waals surface area (Å²) < 4.78 is 6.03. The monoisotopic (exact) mass is 461 g/mol. The van der Waals surface area contributed by atoms with E-state index in [2.05, 4.69) is 0 Å². The number of amides is 2. The standard InChI is InChI=1S/C24H19N3O5S/c1-25-22(28)20(23(29)26(2)24(25)33)13-19-18-6-4-3-5-16(18)9-12-21(19)32-14-15-7-10-17(11-8-15)27(30)31/h3-13H,14H2,1-2H3. The van der Waals surface area contributed by atoms with Gasteiger partial charge in [0.05, 0.1) is 4.92 Å². The average Bonchev–Trinajstić information content (AvgIpc) is 2.83. The van der Waals surface area contributed by atoms with Gasteiger partial charge < -0.3 is 4.74 Å². The summed E-state index contributed by atoms with van der Waals surface area (Å²) in [6.07, 6.45) is 1.53. The van der Waals surface area contributed by atoms with Crippen LogP contribution in [0.4, 0.5) is 5.69 Å². The van der Waals surface area contributed by atoms with Crippen molar-refractivity contribution < 1.29 is 19.2 Å². The molecule has 1 heterocycles. The molecule has 1 saturated heterocycles. The molecule has 4 rings (SSSR count). The molecule has 0 aliphatic carbocycles. The number of hydrogen-bond acceptors (Lipinski definition) is 6. The second kappa shape index (κ2) is 8.79. The third-order valence-corrected chi connectivity index (χ3v) is 5.95. The number of thiocarbonyl (C=S) groups is 1. The molecule has 166 valence electrons. The minimum atomic E-state index is -0.489. The number of nitro benzene ring substituents is 1.